The molecule has 0 unspecified atom stereocenters. The van der Waals surface area contributed by atoms with Gasteiger partial charge in [0.25, 0.3) is 5.91 Å². The molecule has 0 radical (unpaired) electrons. The number of aromatic nitrogens is 1. The summed E-state index contributed by atoms with van der Waals surface area (Å²) in [6.45, 7) is 3.90. The molecule has 9 heteroatoms. The second-order valence-corrected chi connectivity index (χ2v) is 8.20. The fraction of sp³-hybridized carbons (Fsp3) is 0.190. The molecular weight excluding hydrogens is 402 g/mol. The van der Waals surface area contributed by atoms with Gasteiger partial charge >= 0.3 is 0 Å². The highest BCUT2D eigenvalue weighted by Crippen LogP contribution is 2.36. The third kappa shape index (κ3) is 4.25. The number of aromatic amines is 1. The van der Waals surface area contributed by atoms with Crippen LogP contribution in [-0.2, 0) is 9.59 Å². The summed E-state index contributed by atoms with van der Waals surface area (Å²) in [5, 5.41) is 21.2. The first-order valence-electron chi connectivity index (χ1n) is 9.28. The smallest absolute Gasteiger partial charge is 0.262 e. The SMILES string of the molecule is Cc1ccc(NC(=O)C[C@@H]2SC(N=Nc3c(O)[nH]c4ccc(C)cc34)=NC2=O)cc1. The predicted molar refractivity (Wildman–Crippen MR) is 117 cm³/mol. The summed E-state index contributed by atoms with van der Waals surface area (Å²) in [6, 6.07) is 13.1. The van der Waals surface area contributed by atoms with Crippen molar-refractivity contribution in [1.29, 1.82) is 0 Å². The van der Waals surface area contributed by atoms with E-state index in [0.29, 0.717) is 5.69 Å². The molecule has 1 aromatic heterocycles. The van der Waals surface area contributed by atoms with Gasteiger partial charge in [-0.1, -0.05) is 41.1 Å². The fourth-order valence-electron chi connectivity index (χ4n) is 3.03. The average Bonchev–Trinajstić information content (AvgIpc) is 3.20. The van der Waals surface area contributed by atoms with Crippen molar-refractivity contribution in [3.8, 4) is 5.88 Å². The van der Waals surface area contributed by atoms with Gasteiger partial charge in [0.15, 0.2) is 5.69 Å². The maximum atomic E-state index is 12.3. The number of aromatic hydroxyl groups is 1. The molecule has 1 aliphatic heterocycles. The number of anilines is 1. The number of aliphatic imine (C=N–C) groups is 1. The van der Waals surface area contributed by atoms with E-state index in [1.54, 1.807) is 0 Å². The summed E-state index contributed by atoms with van der Waals surface area (Å²) in [5.74, 6) is -0.807. The molecule has 0 fully saturated rings. The Hall–Kier alpha value is -3.46. The largest absolute Gasteiger partial charge is 0.493 e. The summed E-state index contributed by atoms with van der Waals surface area (Å²) in [6.07, 6.45) is -0.0164. The first-order chi connectivity index (χ1) is 14.4. The first kappa shape index (κ1) is 19.8. The average molecular weight is 421 g/mol. The zero-order chi connectivity index (χ0) is 21.3. The summed E-state index contributed by atoms with van der Waals surface area (Å²) in [5.41, 5.74) is 3.79. The number of benzene rings is 2. The van der Waals surface area contributed by atoms with E-state index in [1.807, 2.05) is 56.3 Å². The van der Waals surface area contributed by atoms with Crippen LogP contribution in [0.25, 0.3) is 10.9 Å². The van der Waals surface area contributed by atoms with Crippen LogP contribution in [0.1, 0.15) is 17.5 Å². The van der Waals surface area contributed by atoms with E-state index < -0.39 is 11.2 Å². The van der Waals surface area contributed by atoms with Gasteiger partial charge in [0.1, 0.15) is 5.25 Å². The number of fused-ring (bicyclic) bond motifs is 1. The van der Waals surface area contributed by atoms with E-state index in [1.165, 1.54) is 0 Å². The van der Waals surface area contributed by atoms with E-state index >= 15 is 0 Å². The molecule has 152 valence electrons. The first-order valence-corrected chi connectivity index (χ1v) is 10.2. The molecule has 3 N–H and O–H groups in total. The van der Waals surface area contributed by atoms with Gasteiger partial charge in [-0.3, -0.25) is 9.59 Å². The van der Waals surface area contributed by atoms with Crippen molar-refractivity contribution in [3.05, 3.63) is 53.6 Å². The molecule has 8 nitrogen and oxygen atoms in total. The number of azo groups is 1. The highest BCUT2D eigenvalue weighted by molar-refractivity contribution is 8.15. The number of nitrogens with zero attached hydrogens (tertiary/aromatic N) is 3. The third-order valence-corrected chi connectivity index (χ3v) is 5.61. The lowest BCUT2D eigenvalue weighted by Gasteiger charge is -2.08. The minimum atomic E-state index is -0.650. The molecular formula is C21H19N5O3S. The standard InChI is InChI=1S/C21H19N5O3S/c1-11-3-6-13(7-4-11)22-17(27)10-16-19(28)24-21(30-16)26-25-18-14-9-12(2)5-8-15(14)23-20(18)29/h3-9,16,23,29H,10H2,1-2H3,(H,22,27)/t16-/m0/s1. The van der Waals surface area contributed by atoms with Crippen molar-refractivity contribution in [2.24, 2.45) is 15.2 Å². The third-order valence-electron chi connectivity index (χ3n) is 4.58. The van der Waals surface area contributed by atoms with Crippen LogP contribution in [0.5, 0.6) is 5.88 Å². The predicted octanol–water partition coefficient (Wildman–Crippen LogP) is 4.60. The van der Waals surface area contributed by atoms with Crippen molar-refractivity contribution in [2.75, 3.05) is 5.32 Å². The number of thioether (sulfide) groups is 1. The molecule has 0 saturated carbocycles. The number of aryl methyl sites for hydroxylation is 2. The second kappa shape index (κ2) is 8.11. The summed E-state index contributed by atoms with van der Waals surface area (Å²) in [7, 11) is 0. The number of nitrogens with one attached hydrogen (secondary N) is 2. The van der Waals surface area contributed by atoms with Crippen molar-refractivity contribution in [3.63, 3.8) is 0 Å². The highest BCUT2D eigenvalue weighted by atomic mass is 32.2. The molecule has 0 saturated heterocycles. The molecule has 2 heterocycles. The lowest BCUT2D eigenvalue weighted by atomic mass is 10.2. The molecule has 2 aromatic carbocycles. The van der Waals surface area contributed by atoms with Crippen molar-refractivity contribution in [2.45, 2.75) is 25.5 Å². The molecule has 30 heavy (non-hydrogen) atoms. The summed E-state index contributed by atoms with van der Waals surface area (Å²) < 4.78 is 0. The Morgan fingerprint density at radius 1 is 1.17 bits per heavy atom. The van der Waals surface area contributed by atoms with Gasteiger partial charge in [0.2, 0.25) is 17.0 Å². The number of amidine groups is 1. The molecule has 0 bridgehead atoms. The van der Waals surface area contributed by atoms with E-state index in [9.17, 15) is 14.7 Å². The van der Waals surface area contributed by atoms with Crippen LogP contribution in [0.15, 0.2) is 57.7 Å². The monoisotopic (exact) mass is 421 g/mol. The Labute approximate surface area is 176 Å². The molecule has 1 atom stereocenters. The van der Waals surface area contributed by atoms with Crippen LogP contribution in [0.2, 0.25) is 0 Å². The zero-order valence-electron chi connectivity index (χ0n) is 16.3. The minimum Gasteiger partial charge on any atom is -0.493 e. The van der Waals surface area contributed by atoms with Crippen molar-refractivity contribution in [1.82, 2.24) is 4.98 Å². The van der Waals surface area contributed by atoms with Gasteiger partial charge in [0.05, 0.1) is 5.52 Å². The number of rotatable bonds is 4. The quantitative estimate of drug-likeness (QED) is 0.533. The van der Waals surface area contributed by atoms with Crippen LogP contribution in [0.3, 0.4) is 0 Å². The fourth-order valence-corrected chi connectivity index (χ4v) is 3.91. The molecule has 0 aliphatic carbocycles. The van der Waals surface area contributed by atoms with Crippen LogP contribution in [-0.4, -0.2) is 32.3 Å². The summed E-state index contributed by atoms with van der Waals surface area (Å²) >= 11 is 1.08. The molecule has 3 aromatic rings. The topological polar surface area (TPSA) is 119 Å². The van der Waals surface area contributed by atoms with Gasteiger partial charge in [-0.15, -0.1) is 10.2 Å². The van der Waals surface area contributed by atoms with E-state index in [2.05, 4.69) is 25.5 Å². The van der Waals surface area contributed by atoms with Gasteiger partial charge < -0.3 is 15.4 Å². The molecule has 0 spiro atoms. The van der Waals surface area contributed by atoms with Crippen molar-refractivity contribution < 1.29 is 14.7 Å². The number of carbonyl (C=O) groups is 2. The number of amides is 2. The number of carbonyl (C=O) groups excluding carboxylic acids is 2. The Kier molecular flexibility index (Phi) is 5.37. The minimum absolute atomic E-state index is 0.0164. The van der Waals surface area contributed by atoms with Gasteiger partial charge in [0, 0.05) is 17.5 Å². The van der Waals surface area contributed by atoms with E-state index in [4.69, 9.17) is 0 Å². The second-order valence-electron chi connectivity index (χ2n) is 7.03. The molecule has 4 rings (SSSR count). The van der Waals surface area contributed by atoms with Crippen LogP contribution < -0.4 is 5.32 Å². The Bertz CT molecular complexity index is 1200. The maximum Gasteiger partial charge on any atom is 0.262 e. The number of hydrogen-bond donors (Lipinski definition) is 3. The molecule has 1 aliphatic rings. The lowest BCUT2D eigenvalue weighted by Crippen LogP contribution is -2.21. The number of hydrogen-bond acceptors (Lipinski definition) is 6. The van der Waals surface area contributed by atoms with Gasteiger partial charge in [-0.25, -0.2) is 0 Å². The van der Waals surface area contributed by atoms with Gasteiger partial charge in [-0.05, 0) is 38.1 Å². The van der Waals surface area contributed by atoms with Crippen molar-refractivity contribution >= 4 is 51.0 Å². The van der Waals surface area contributed by atoms with E-state index in [0.717, 1.165) is 33.8 Å². The zero-order valence-corrected chi connectivity index (χ0v) is 17.2. The lowest BCUT2D eigenvalue weighted by molar-refractivity contribution is -0.121. The van der Waals surface area contributed by atoms with E-state index in [-0.39, 0.29) is 29.1 Å². The normalized spacial score (nSPS) is 16.4. The summed E-state index contributed by atoms with van der Waals surface area (Å²) in [4.78, 5) is 31.1. The Morgan fingerprint density at radius 2 is 1.90 bits per heavy atom. The Morgan fingerprint density at radius 3 is 2.67 bits per heavy atom. The number of H-pyrrole nitrogens is 1. The highest BCUT2D eigenvalue weighted by Gasteiger charge is 2.31. The maximum absolute atomic E-state index is 12.3. The van der Waals surface area contributed by atoms with Gasteiger partial charge in [-0.2, -0.15) is 4.99 Å². The van der Waals surface area contributed by atoms with Crippen LogP contribution in [0, 0.1) is 13.8 Å². The van der Waals surface area contributed by atoms with Crippen LogP contribution in [0.4, 0.5) is 11.4 Å². The molecule has 2 amide bonds. The van der Waals surface area contributed by atoms with Crippen LogP contribution >= 0.6 is 11.8 Å². The Balaban J connectivity index is 1.42.